The largest absolute Gasteiger partial charge is 0.488 e. The quantitative estimate of drug-likeness (QED) is 0.371. The Morgan fingerprint density at radius 1 is 1.02 bits per heavy atom. The minimum atomic E-state index is -0.750. The van der Waals surface area contributed by atoms with Crippen molar-refractivity contribution in [3.63, 3.8) is 0 Å². The average Bonchev–Trinajstić information content (AvgIpc) is 3.37. The van der Waals surface area contributed by atoms with Gasteiger partial charge < -0.3 is 19.6 Å². The molecule has 0 aromatic heterocycles. The fraction of sp³-hybridized carbons (Fsp3) is 0.333. The molecule has 3 heterocycles. The molecule has 0 saturated carbocycles. The number of amides is 3. The second-order valence-corrected chi connectivity index (χ2v) is 11.3. The number of anilines is 1. The summed E-state index contributed by atoms with van der Waals surface area (Å²) in [5, 5.41) is 21.5. The van der Waals surface area contributed by atoms with Crippen molar-refractivity contribution in [1.29, 1.82) is 5.26 Å². The second kappa shape index (κ2) is 12.6. The summed E-state index contributed by atoms with van der Waals surface area (Å²) in [6.07, 6.45) is 0.402. The van der Waals surface area contributed by atoms with E-state index in [9.17, 15) is 23.9 Å². The molecule has 2 saturated heterocycles. The molecule has 2 fully saturated rings. The maximum atomic E-state index is 15.3. The standard InChI is InChI=1S/C33H31F2N5O5/c34-25-15-21(29(18-41)39-12-10-38(11-13-39)27-7-4-20(16-36)14-26(27)35)5-6-22(25)19-45-30-3-1-2-23-24(30)17-40(33(23)44)28-8-9-31(42)37-32(28)43/h1-7,14-15,28-29,41H,8-13,17-19H2,(H,37,42,43)/t28-,29-/m0/s1. The van der Waals surface area contributed by atoms with Crippen molar-refractivity contribution in [1.82, 2.24) is 15.1 Å². The molecule has 3 aromatic carbocycles. The molecular weight excluding hydrogens is 584 g/mol. The zero-order valence-corrected chi connectivity index (χ0v) is 24.3. The number of aliphatic hydroxyl groups is 1. The number of carbonyl (C=O) groups excluding carboxylic acids is 3. The number of halogens is 2. The average molecular weight is 616 g/mol. The van der Waals surface area contributed by atoms with Crippen LogP contribution in [0.15, 0.2) is 54.6 Å². The van der Waals surface area contributed by atoms with E-state index in [4.69, 9.17) is 10.00 Å². The molecule has 0 aliphatic carbocycles. The van der Waals surface area contributed by atoms with Gasteiger partial charge in [-0.15, -0.1) is 0 Å². The van der Waals surface area contributed by atoms with Gasteiger partial charge in [0.05, 0.1) is 36.5 Å². The molecular formula is C33H31F2N5O5. The number of nitrogens with zero attached hydrogens (tertiary/aromatic N) is 4. The minimum absolute atomic E-state index is 0.103. The van der Waals surface area contributed by atoms with Crippen LogP contribution in [-0.2, 0) is 22.7 Å². The number of ether oxygens (including phenoxy) is 1. The van der Waals surface area contributed by atoms with Crippen LogP contribution in [0.3, 0.4) is 0 Å². The lowest BCUT2D eigenvalue weighted by molar-refractivity contribution is -0.136. The molecule has 2 atom stereocenters. The van der Waals surface area contributed by atoms with Gasteiger partial charge in [-0.3, -0.25) is 24.6 Å². The summed E-state index contributed by atoms with van der Waals surface area (Å²) < 4.78 is 35.8. The topological polar surface area (TPSA) is 126 Å². The molecule has 0 radical (unpaired) electrons. The zero-order chi connectivity index (χ0) is 31.7. The fourth-order valence-electron chi connectivity index (χ4n) is 6.27. The van der Waals surface area contributed by atoms with Crippen molar-refractivity contribution in [2.75, 3.05) is 37.7 Å². The van der Waals surface area contributed by atoms with E-state index < -0.39 is 29.6 Å². The van der Waals surface area contributed by atoms with Gasteiger partial charge in [-0.2, -0.15) is 5.26 Å². The monoisotopic (exact) mass is 615 g/mol. The number of hydrogen-bond donors (Lipinski definition) is 2. The van der Waals surface area contributed by atoms with E-state index in [1.807, 2.05) is 15.9 Å². The Bertz CT molecular complexity index is 1700. The highest BCUT2D eigenvalue weighted by atomic mass is 19.1. The van der Waals surface area contributed by atoms with Crippen LogP contribution in [0.1, 0.15) is 51.5 Å². The summed E-state index contributed by atoms with van der Waals surface area (Å²) in [6.45, 7) is 1.84. The first-order valence-electron chi connectivity index (χ1n) is 14.7. The summed E-state index contributed by atoms with van der Waals surface area (Å²) in [4.78, 5) is 42.4. The van der Waals surface area contributed by atoms with Crippen molar-refractivity contribution >= 4 is 23.4 Å². The molecule has 3 aromatic rings. The van der Waals surface area contributed by atoms with Gasteiger partial charge in [-0.05, 0) is 48.4 Å². The number of piperazine rings is 1. The van der Waals surface area contributed by atoms with Gasteiger partial charge in [0.25, 0.3) is 5.91 Å². The van der Waals surface area contributed by atoms with E-state index in [-0.39, 0.29) is 50.0 Å². The Labute approximate surface area is 258 Å². The van der Waals surface area contributed by atoms with E-state index in [2.05, 4.69) is 5.32 Å². The number of hydrogen-bond acceptors (Lipinski definition) is 8. The van der Waals surface area contributed by atoms with Crippen molar-refractivity contribution in [3.05, 3.63) is 94.0 Å². The molecule has 12 heteroatoms. The molecule has 45 heavy (non-hydrogen) atoms. The Morgan fingerprint density at radius 3 is 2.51 bits per heavy atom. The van der Waals surface area contributed by atoms with Crippen LogP contribution in [-0.4, -0.2) is 71.5 Å². The summed E-state index contributed by atoms with van der Waals surface area (Å²) in [5.74, 6) is -1.73. The third kappa shape index (κ3) is 5.96. The van der Waals surface area contributed by atoms with E-state index in [0.29, 0.717) is 59.9 Å². The van der Waals surface area contributed by atoms with Crippen LogP contribution < -0.4 is 15.0 Å². The molecule has 10 nitrogen and oxygen atoms in total. The lowest BCUT2D eigenvalue weighted by Gasteiger charge is -2.40. The molecule has 232 valence electrons. The first kappa shape index (κ1) is 30.2. The lowest BCUT2D eigenvalue weighted by Crippen LogP contribution is -2.52. The highest BCUT2D eigenvalue weighted by Gasteiger charge is 2.40. The number of aliphatic hydroxyl groups excluding tert-OH is 1. The minimum Gasteiger partial charge on any atom is -0.488 e. The van der Waals surface area contributed by atoms with Crippen molar-refractivity contribution in [2.24, 2.45) is 0 Å². The SMILES string of the molecule is N#Cc1ccc(N2CCN([C@@H](CO)c3ccc(COc4cccc5c4CN([C@H]4CCC(=O)NC4=O)C5=O)c(F)c3)CC2)c(F)c1. The third-order valence-corrected chi connectivity index (χ3v) is 8.73. The normalized spacial score (nSPS) is 19.2. The number of nitrogens with one attached hydrogen (secondary N) is 1. The third-order valence-electron chi connectivity index (χ3n) is 8.73. The maximum Gasteiger partial charge on any atom is 0.255 e. The van der Waals surface area contributed by atoms with Gasteiger partial charge in [0.1, 0.15) is 30.0 Å². The predicted octanol–water partition coefficient (Wildman–Crippen LogP) is 3.03. The summed E-state index contributed by atoms with van der Waals surface area (Å²) in [7, 11) is 0. The summed E-state index contributed by atoms with van der Waals surface area (Å²) in [5.41, 5.74) is 2.57. The van der Waals surface area contributed by atoms with Crippen molar-refractivity contribution < 1.29 is 33.0 Å². The number of fused-ring (bicyclic) bond motifs is 1. The molecule has 3 aliphatic rings. The molecule has 3 aliphatic heterocycles. The van der Waals surface area contributed by atoms with E-state index >= 15 is 4.39 Å². The van der Waals surface area contributed by atoms with Gasteiger partial charge in [0.15, 0.2) is 0 Å². The second-order valence-electron chi connectivity index (χ2n) is 11.3. The Kier molecular flexibility index (Phi) is 8.47. The van der Waals surface area contributed by atoms with Crippen LogP contribution in [0.4, 0.5) is 14.5 Å². The number of imide groups is 1. The number of piperidine rings is 1. The smallest absolute Gasteiger partial charge is 0.255 e. The van der Waals surface area contributed by atoms with Crippen molar-refractivity contribution in [2.45, 2.75) is 38.1 Å². The van der Waals surface area contributed by atoms with E-state index in [1.54, 1.807) is 42.5 Å². The van der Waals surface area contributed by atoms with Gasteiger partial charge in [0.2, 0.25) is 11.8 Å². The number of nitriles is 1. The molecule has 3 amide bonds. The lowest BCUT2D eigenvalue weighted by atomic mass is 10.0. The zero-order valence-electron chi connectivity index (χ0n) is 24.3. The number of rotatable bonds is 8. The van der Waals surface area contributed by atoms with E-state index in [1.165, 1.54) is 17.0 Å². The number of carbonyl (C=O) groups is 3. The van der Waals surface area contributed by atoms with Gasteiger partial charge >= 0.3 is 0 Å². The first-order valence-corrected chi connectivity index (χ1v) is 14.7. The summed E-state index contributed by atoms with van der Waals surface area (Å²) >= 11 is 0. The number of benzene rings is 3. The van der Waals surface area contributed by atoms with Crippen LogP contribution in [0, 0.1) is 23.0 Å². The molecule has 0 spiro atoms. The van der Waals surface area contributed by atoms with Crippen LogP contribution in [0.5, 0.6) is 5.75 Å². The molecule has 0 bridgehead atoms. The van der Waals surface area contributed by atoms with Crippen molar-refractivity contribution in [3.8, 4) is 11.8 Å². The molecule has 0 unspecified atom stereocenters. The Morgan fingerprint density at radius 2 is 1.82 bits per heavy atom. The molecule has 6 rings (SSSR count). The van der Waals surface area contributed by atoms with Gasteiger partial charge in [-0.1, -0.05) is 18.2 Å². The van der Waals surface area contributed by atoms with Crippen LogP contribution in [0.25, 0.3) is 0 Å². The molecule has 2 N–H and O–H groups in total. The van der Waals surface area contributed by atoms with Gasteiger partial charge in [-0.25, -0.2) is 8.78 Å². The first-order chi connectivity index (χ1) is 21.8. The maximum absolute atomic E-state index is 15.3. The summed E-state index contributed by atoms with van der Waals surface area (Å²) in [6, 6.07) is 14.9. The highest BCUT2D eigenvalue weighted by Crippen LogP contribution is 2.34. The Hall–Kier alpha value is -4.86. The van der Waals surface area contributed by atoms with Crippen LogP contribution >= 0.6 is 0 Å². The highest BCUT2D eigenvalue weighted by molar-refractivity contribution is 6.05. The van der Waals surface area contributed by atoms with E-state index in [0.717, 1.165) is 0 Å². The fourth-order valence-corrected chi connectivity index (χ4v) is 6.27. The Balaban J connectivity index is 1.09. The van der Waals surface area contributed by atoms with Gasteiger partial charge in [0, 0.05) is 49.3 Å². The predicted molar refractivity (Wildman–Crippen MR) is 158 cm³/mol. The van der Waals surface area contributed by atoms with Crippen LogP contribution in [0.2, 0.25) is 0 Å².